The molecule has 7 aromatic rings. The molecular formula is C36H18N6O12S3. The van der Waals surface area contributed by atoms with E-state index in [1.165, 1.54) is 54.6 Å². The lowest BCUT2D eigenvalue weighted by Gasteiger charge is -2.16. The van der Waals surface area contributed by atoms with Gasteiger partial charge in [0.25, 0.3) is 0 Å². The summed E-state index contributed by atoms with van der Waals surface area (Å²) in [7, 11) is -14.9. The van der Waals surface area contributed by atoms with Crippen molar-refractivity contribution in [3.63, 3.8) is 0 Å². The van der Waals surface area contributed by atoms with Gasteiger partial charge >= 0.3 is 47.4 Å². The van der Waals surface area contributed by atoms with Crippen LogP contribution in [0.3, 0.4) is 0 Å². The van der Waals surface area contributed by atoms with Crippen molar-refractivity contribution in [1.29, 1.82) is 16.2 Å². The molecule has 0 heterocycles. The van der Waals surface area contributed by atoms with Gasteiger partial charge in [0.1, 0.15) is 31.9 Å². The molecule has 0 aliphatic heterocycles. The fraction of sp³-hybridized carbons (Fsp3) is 0. The quantitative estimate of drug-likeness (QED) is 0.117. The van der Waals surface area contributed by atoms with Gasteiger partial charge in [-0.25, -0.2) is 0 Å². The molecule has 0 spiro atoms. The summed E-state index contributed by atoms with van der Waals surface area (Å²) in [6.07, 6.45) is 0. The summed E-state index contributed by atoms with van der Waals surface area (Å²) in [6.45, 7) is 0. The normalized spacial score (nSPS) is 11.7. The second-order valence-electron chi connectivity index (χ2n) is 11.8. The fourth-order valence-corrected chi connectivity index (χ4v) is 9.36. The Hall–Kier alpha value is -7.77. The molecule has 0 atom stereocenters. The molecule has 0 N–H and O–H groups in total. The molecule has 21 heteroatoms. The molecular weight excluding hydrogens is 805 g/mol. The van der Waals surface area contributed by atoms with Crippen LogP contribution in [0, 0.1) is 16.2 Å². The summed E-state index contributed by atoms with van der Waals surface area (Å²) in [5, 5.41) is 64.7. The molecule has 0 aromatic heterocycles. The average molecular weight is 823 g/mol. The van der Waals surface area contributed by atoms with Gasteiger partial charge in [-0.05, 0) is 69.8 Å². The fourth-order valence-electron chi connectivity index (χ4n) is 5.96. The van der Waals surface area contributed by atoms with E-state index < -0.39 is 79.5 Å². The third kappa shape index (κ3) is 6.68. The third-order valence-electron chi connectivity index (χ3n) is 8.46. The Bertz CT molecular complexity index is 2990. The predicted octanol–water partition coefficient (Wildman–Crippen LogP) is 6.12. The van der Waals surface area contributed by atoms with Crippen molar-refractivity contribution in [2.75, 3.05) is 0 Å². The highest BCUT2D eigenvalue weighted by Crippen LogP contribution is 2.41. The lowest BCUT2D eigenvalue weighted by molar-refractivity contribution is -0.265. The minimum absolute atomic E-state index is 0.152. The third-order valence-corrected chi connectivity index (χ3v) is 12.4. The summed E-state index contributed by atoms with van der Waals surface area (Å²) >= 11 is 0. The molecule has 57 heavy (non-hydrogen) atoms. The minimum Gasteiger partial charge on any atom is -0.867 e. The molecule has 0 fully saturated rings. The maximum absolute atomic E-state index is 13.8. The molecule has 7 aromatic carbocycles. The Morgan fingerprint density at radius 1 is 0.386 bits per heavy atom. The molecule has 0 unspecified atom stereocenters. The van der Waals surface area contributed by atoms with Crippen LogP contribution in [0.5, 0.6) is 34.5 Å². The van der Waals surface area contributed by atoms with Gasteiger partial charge in [-0.15, -0.1) is 0 Å². The van der Waals surface area contributed by atoms with Crippen LogP contribution in [0.15, 0.2) is 124 Å². The van der Waals surface area contributed by atoms with Gasteiger partial charge in [0, 0.05) is 52.6 Å². The Morgan fingerprint density at radius 3 is 0.895 bits per heavy atom. The second-order valence-corrected chi connectivity index (χ2v) is 16.4. The van der Waals surface area contributed by atoms with Crippen molar-refractivity contribution in [3.8, 4) is 34.5 Å². The van der Waals surface area contributed by atoms with E-state index in [1.54, 1.807) is 0 Å². The number of diazo groups is 3. The number of benzene rings is 7. The highest BCUT2D eigenvalue weighted by atomic mass is 32.2. The van der Waals surface area contributed by atoms with Crippen LogP contribution in [0.4, 0.5) is 17.1 Å². The molecule has 0 saturated carbocycles. The van der Waals surface area contributed by atoms with E-state index in [-0.39, 0.29) is 49.4 Å². The largest absolute Gasteiger partial charge is 0.867 e. The summed E-state index contributed by atoms with van der Waals surface area (Å²) in [5.41, 5.74) is -1.14. The van der Waals surface area contributed by atoms with Crippen molar-refractivity contribution in [2.45, 2.75) is 14.7 Å². The van der Waals surface area contributed by atoms with Crippen LogP contribution in [0.2, 0.25) is 0 Å². The standard InChI is InChI=1S/C36H18N6O12S3/c37-40-28-13-10-22-25(34(28)43)4-1-7-31(22)55(46,47)52-19-16-20(53-56(48,49)32-8-2-5-26-23(32)11-14-29(41-38)35(26)44)18-21(17-19)54-57(50,51)33-9-3-6-27-24(33)12-15-30(42-39)36(27)45/h1-18H. The molecule has 7 rings (SSSR count). The topological polar surface area (TPSA) is 284 Å². The smallest absolute Gasteiger partial charge is 0.378 e. The highest BCUT2D eigenvalue weighted by Gasteiger charge is 2.28. The van der Waals surface area contributed by atoms with Crippen molar-refractivity contribution in [2.24, 2.45) is 0 Å². The van der Waals surface area contributed by atoms with E-state index in [2.05, 4.69) is 14.9 Å². The van der Waals surface area contributed by atoms with Crippen molar-refractivity contribution in [1.82, 2.24) is 0 Å². The average Bonchev–Trinajstić information content (AvgIpc) is 3.17. The van der Waals surface area contributed by atoms with E-state index in [1.807, 2.05) is 0 Å². The molecule has 0 radical (unpaired) electrons. The van der Waals surface area contributed by atoms with E-state index in [9.17, 15) is 40.6 Å². The number of rotatable bonds is 9. The van der Waals surface area contributed by atoms with E-state index in [4.69, 9.17) is 28.7 Å². The summed E-state index contributed by atoms with van der Waals surface area (Å²) in [6, 6.07) is 19.7. The molecule has 0 aliphatic carbocycles. The van der Waals surface area contributed by atoms with Gasteiger partial charge in [0.2, 0.25) is 16.2 Å². The summed E-state index contributed by atoms with van der Waals surface area (Å²) in [4.78, 5) is 6.95. The predicted molar refractivity (Wildman–Crippen MR) is 194 cm³/mol. The van der Waals surface area contributed by atoms with Gasteiger partial charge in [-0.2, -0.15) is 25.3 Å². The lowest BCUT2D eigenvalue weighted by Crippen LogP contribution is -2.14. The summed E-state index contributed by atoms with van der Waals surface area (Å²) in [5.74, 6) is -4.70. The Balaban J connectivity index is 1.35. The molecule has 0 amide bonds. The van der Waals surface area contributed by atoms with Crippen LogP contribution in [0.1, 0.15) is 0 Å². The van der Waals surface area contributed by atoms with Gasteiger partial charge < -0.3 is 27.9 Å². The maximum atomic E-state index is 13.8. The lowest BCUT2D eigenvalue weighted by atomic mass is 10.1. The monoisotopic (exact) mass is 822 g/mol. The second kappa shape index (κ2) is 13.8. The molecule has 18 nitrogen and oxygen atoms in total. The SMILES string of the molecule is N#[N+]c1ccc2c(S(=O)(=O)Oc3cc(OS(=O)(=O)c4cccc5c([O-])c([N+]#N)ccc45)cc(OS(=O)(=O)c4cccc5c([O-])c([N+]#N)ccc45)c3)cccc2c1[O-]. The number of hydrogen-bond acceptors (Lipinski definition) is 15. The number of fused-ring (bicyclic) bond motifs is 3. The van der Waals surface area contributed by atoms with E-state index >= 15 is 0 Å². The minimum atomic E-state index is -4.95. The van der Waals surface area contributed by atoms with Crippen molar-refractivity contribution in [3.05, 3.63) is 124 Å². The van der Waals surface area contributed by atoms with Crippen molar-refractivity contribution >= 4 is 79.7 Å². The van der Waals surface area contributed by atoms with Gasteiger partial charge in [0.05, 0.1) is 0 Å². The zero-order chi connectivity index (χ0) is 40.9. The zero-order valence-electron chi connectivity index (χ0n) is 28.2. The Labute approximate surface area is 321 Å². The van der Waals surface area contributed by atoms with Gasteiger partial charge in [0.15, 0.2) is 14.9 Å². The number of nitrogens with zero attached hydrogens (tertiary/aromatic N) is 6. The first-order chi connectivity index (χ1) is 27.1. The summed E-state index contributed by atoms with van der Waals surface area (Å²) < 4.78 is 98.5. The van der Waals surface area contributed by atoms with Crippen LogP contribution in [0.25, 0.3) is 47.2 Å². The van der Waals surface area contributed by atoms with E-state index in [0.29, 0.717) is 0 Å². The Kier molecular flexibility index (Phi) is 9.10. The van der Waals surface area contributed by atoms with Gasteiger partial charge in [-0.1, -0.05) is 36.4 Å². The van der Waals surface area contributed by atoms with Crippen molar-refractivity contribution < 1.29 is 53.1 Å². The van der Waals surface area contributed by atoms with Gasteiger partial charge in [-0.3, -0.25) is 0 Å². The first-order valence-electron chi connectivity index (χ1n) is 15.8. The molecule has 0 aliphatic rings. The number of hydrogen-bond donors (Lipinski definition) is 0. The maximum Gasteiger partial charge on any atom is 0.378 e. The van der Waals surface area contributed by atoms with E-state index in [0.717, 1.165) is 54.6 Å². The van der Waals surface area contributed by atoms with Crippen LogP contribution >= 0.6 is 0 Å². The first kappa shape index (κ1) is 37.5. The Morgan fingerprint density at radius 2 is 0.649 bits per heavy atom. The van der Waals surface area contributed by atoms with Crippen LogP contribution in [-0.2, 0) is 30.4 Å². The van der Waals surface area contributed by atoms with Crippen LogP contribution in [-0.4, -0.2) is 25.3 Å². The highest BCUT2D eigenvalue weighted by molar-refractivity contribution is 7.88. The zero-order valence-corrected chi connectivity index (χ0v) is 30.6. The molecule has 0 bridgehead atoms. The van der Waals surface area contributed by atoms with Crippen LogP contribution < -0.4 is 27.9 Å². The first-order valence-corrected chi connectivity index (χ1v) is 20.0. The molecule has 0 saturated heterocycles. The molecule has 282 valence electrons.